The third kappa shape index (κ3) is 2.88. The zero-order chi connectivity index (χ0) is 14.9. The van der Waals surface area contributed by atoms with Crippen molar-refractivity contribution in [3.63, 3.8) is 0 Å². The monoisotopic (exact) mass is 345 g/mol. The fourth-order valence-corrected chi connectivity index (χ4v) is 2.90. The molecule has 2 nitrogen and oxygen atoms in total. The highest BCUT2D eigenvalue weighted by Gasteiger charge is 2.22. The molecule has 1 aromatic carbocycles. The van der Waals surface area contributed by atoms with Crippen LogP contribution in [0, 0.1) is 17.6 Å². The minimum Gasteiger partial charge on any atom is -0.456 e. The molecule has 0 aliphatic heterocycles. The van der Waals surface area contributed by atoms with Gasteiger partial charge in [-0.3, -0.25) is 0 Å². The van der Waals surface area contributed by atoms with E-state index >= 15 is 0 Å². The number of rotatable bonds is 5. The third-order valence-electron chi connectivity index (χ3n) is 3.14. The number of halogens is 3. The van der Waals surface area contributed by atoms with Gasteiger partial charge in [0.05, 0.1) is 6.54 Å². The van der Waals surface area contributed by atoms with Gasteiger partial charge < -0.3 is 9.73 Å². The lowest BCUT2D eigenvalue weighted by atomic mass is 9.99. The Hall–Kier alpha value is -0.940. The summed E-state index contributed by atoms with van der Waals surface area (Å²) in [6.45, 7) is 7.46. The summed E-state index contributed by atoms with van der Waals surface area (Å²) in [6.07, 6.45) is 0.761. The predicted molar refractivity (Wildman–Crippen MR) is 79.8 cm³/mol. The zero-order valence-electron chi connectivity index (χ0n) is 11.8. The molecule has 0 aliphatic rings. The van der Waals surface area contributed by atoms with Crippen LogP contribution in [0.25, 0.3) is 11.0 Å². The van der Waals surface area contributed by atoms with E-state index in [1.165, 1.54) is 0 Å². The van der Waals surface area contributed by atoms with Crippen molar-refractivity contribution in [1.29, 1.82) is 0 Å². The summed E-state index contributed by atoms with van der Waals surface area (Å²) in [4.78, 5) is 0. The van der Waals surface area contributed by atoms with Crippen LogP contribution in [0.15, 0.2) is 15.0 Å². The van der Waals surface area contributed by atoms with Crippen molar-refractivity contribution in [3.05, 3.63) is 33.5 Å². The molecule has 0 unspecified atom stereocenters. The molecule has 0 saturated carbocycles. The normalized spacial score (nSPS) is 11.8. The van der Waals surface area contributed by atoms with Gasteiger partial charge in [0.15, 0.2) is 11.4 Å². The van der Waals surface area contributed by atoms with E-state index in [9.17, 15) is 8.78 Å². The second-order valence-electron chi connectivity index (χ2n) is 5.24. The molecule has 0 fully saturated rings. The van der Waals surface area contributed by atoms with Crippen LogP contribution in [-0.4, -0.2) is 6.54 Å². The van der Waals surface area contributed by atoms with E-state index in [-0.39, 0.29) is 5.58 Å². The number of fused-ring (bicyclic) bond motifs is 1. The summed E-state index contributed by atoms with van der Waals surface area (Å²) in [5, 5.41) is 3.81. The first-order chi connectivity index (χ1) is 9.45. The molecule has 0 atom stereocenters. The van der Waals surface area contributed by atoms with E-state index in [1.807, 2.05) is 6.92 Å². The highest BCUT2D eigenvalue weighted by atomic mass is 79.9. The molecule has 0 aliphatic carbocycles. The first-order valence-electron chi connectivity index (χ1n) is 6.74. The molecule has 110 valence electrons. The van der Waals surface area contributed by atoms with Gasteiger partial charge in [-0.15, -0.1) is 0 Å². The Bertz CT molecular complexity index is 622. The van der Waals surface area contributed by atoms with E-state index in [1.54, 1.807) is 0 Å². The standard InChI is InChI=1S/C15H18BrF2NO/c1-4-19-7-12-9(5-8(2)3)13-10(16)6-11(17)14(18)15(13)20-12/h6,8,19H,4-5,7H2,1-3H3. The molecule has 0 amide bonds. The van der Waals surface area contributed by atoms with Crippen molar-refractivity contribution in [2.24, 2.45) is 5.92 Å². The maximum Gasteiger partial charge on any atom is 0.201 e. The van der Waals surface area contributed by atoms with Crippen molar-refractivity contribution in [2.75, 3.05) is 6.54 Å². The fourth-order valence-electron chi connectivity index (χ4n) is 2.28. The second-order valence-corrected chi connectivity index (χ2v) is 6.09. The van der Waals surface area contributed by atoms with Gasteiger partial charge in [0.1, 0.15) is 5.76 Å². The van der Waals surface area contributed by atoms with Crippen molar-refractivity contribution >= 4 is 26.9 Å². The molecule has 1 aromatic heterocycles. The number of nitrogens with one attached hydrogen (secondary N) is 1. The number of benzene rings is 1. The van der Waals surface area contributed by atoms with Gasteiger partial charge in [0.25, 0.3) is 0 Å². The van der Waals surface area contributed by atoms with Crippen LogP contribution in [0.4, 0.5) is 8.78 Å². The summed E-state index contributed by atoms with van der Waals surface area (Å²) >= 11 is 3.32. The summed E-state index contributed by atoms with van der Waals surface area (Å²) in [6, 6.07) is 1.16. The van der Waals surface area contributed by atoms with E-state index in [0.717, 1.165) is 24.6 Å². The highest BCUT2D eigenvalue weighted by Crippen LogP contribution is 2.36. The Kier molecular flexibility index (Phi) is 4.81. The summed E-state index contributed by atoms with van der Waals surface area (Å²) in [7, 11) is 0. The maximum atomic E-state index is 13.9. The molecule has 0 saturated heterocycles. The van der Waals surface area contributed by atoms with Gasteiger partial charge in [-0.25, -0.2) is 4.39 Å². The van der Waals surface area contributed by atoms with Crippen LogP contribution >= 0.6 is 15.9 Å². The van der Waals surface area contributed by atoms with Gasteiger partial charge >= 0.3 is 0 Å². The Labute approximate surface area is 125 Å². The minimum absolute atomic E-state index is 0.000396. The molecule has 20 heavy (non-hydrogen) atoms. The van der Waals surface area contributed by atoms with Crippen molar-refractivity contribution < 1.29 is 13.2 Å². The van der Waals surface area contributed by atoms with E-state index in [2.05, 4.69) is 35.1 Å². The molecule has 0 radical (unpaired) electrons. The topological polar surface area (TPSA) is 25.2 Å². The molecule has 1 N–H and O–H groups in total. The fraction of sp³-hybridized carbons (Fsp3) is 0.467. The van der Waals surface area contributed by atoms with E-state index in [0.29, 0.717) is 28.1 Å². The zero-order valence-corrected chi connectivity index (χ0v) is 13.4. The first kappa shape index (κ1) is 15.4. The van der Waals surface area contributed by atoms with Crippen LogP contribution in [0.1, 0.15) is 32.1 Å². The average molecular weight is 346 g/mol. The third-order valence-corrected chi connectivity index (χ3v) is 3.77. The lowest BCUT2D eigenvalue weighted by Crippen LogP contribution is -2.12. The SMILES string of the molecule is CCNCc1oc2c(F)c(F)cc(Br)c2c1CC(C)C. The van der Waals surface area contributed by atoms with Gasteiger partial charge in [-0.1, -0.05) is 20.8 Å². The maximum absolute atomic E-state index is 13.9. The van der Waals surface area contributed by atoms with E-state index in [4.69, 9.17) is 4.42 Å². The Morgan fingerprint density at radius 3 is 2.65 bits per heavy atom. The molecular formula is C15H18BrF2NO. The van der Waals surface area contributed by atoms with Crippen LogP contribution in [0.3, 0.4) is 0 Å². The second kappa shape index (κ2) is 6.22. The quantitative estimate of drug-likeness (QED) is 0.788. The Morgan fingerprint density at radius 1 is 1.35 bits per heavy atom. The van der Waals surface area contributed by atoms with Gasteiger partial charge in [-0.05, 0) is 40.9 Å². The summed E-state index contributed by atoms with van der Waals surface area (Å²) < 4.78 is 33.5. The van der Waals surface area contributed by atoms with Gasteiger partial charge in [0, 0.05) is 15.4 Å². The van der Waals surface area contributed by atoms with Gasteiger partial charge in [-0.2, -0.15) is 4.39 Å². The molecule has 0 bridgehead atoms. The smallest absolute Gasteiger partial charge is 0.201 e. The average Bonchev–Trinajstić information content (AvgIpc) is 2.72. The summed E-state index contributed by atoms with van der Waals surface area (Å²) in [5.41, 5.74) is 0.946. The molecular weight excluding hydrogens is 328 g/mol. The van der Waals surface area contributed by atoms with Gasteiger partial charge in [0.2, 0.25) is 5.82 Å². The van der Waals surface area contributed by atoms with Crippen LogP contribution < -0.4 is 5.32 Å². The largest absolute Gasteiger partial charge is 0.456 e. The van der Waals surface area contributed by atoms with Crippen molar-refractivity contribution in [3.8, 4) is 0 Å². The highest BCUT2D eigenvalue weighted by molar-refractivity contribution is 9.10. The lowest BCUT2D eigenvalue weighted by Gasteiger charge is -2.07. The first-order valence-corrected chi connectivity index (χ1v) is 7.53. The molecule has 2 rings (SSSR count). The number of hydrogen-bond acceptors (Lipinski definition) is 2. The minimum atomic E-state index is -0.920. The van der Waals surface area contributed by atoms with Crippen LogP contribution in [0.5, 0.6) is 0 Å². The molecule has 0 spiro atoms. The predicted octanol–water partition coefficient (Wildman–Crippen LogP) is 4.78. The number of hydrogen-bond donors (Lipinski definition) is 1. The Morgan fingerprint density at radius 2 is 2.05 bits per heavy atom. The van der Waals surface area contributed by atoms with E-state index < -0.39 is 11.6 Å². The summed E-state index contributed by atoms with van der Waals surface area (Å²) in [5.74, 6) is -0.739. The Balaban J connectivity index is 2.65. The molecule has 1 heterocycles. The van der Waals surface area contributed by atoms with Crippen molar-refractivity contribution in [1.82, 2.24) is 5.32 Å². The number of furan rings is 1. The molecule has 2 aromatic rings. The van der Waals surface area contributed by atoms with Crippen molar-refractivity contribution in [2.45, 2.75) is 33.7 Å². The lowest BCUT2D eigenvalue weighted by molar-refractivity contribution is 0.466. The van der Waals surface area contributed by atoms with Crippen LogP contribution in [-0.2, 0) is 13.0 Å². The molecule has 5 heteroatoms. The van der Waals surface area contributed by atoms with Crippen LogP contribution in [0.2, 0.25) is 0 Å².